The standard InChI is InChI=1S/C20H24N4O2/c1-14(25)20-22-10-11-24(20)13-18-12-19(26-23-18)17-4-2-15(3-5-17)16-6-8-21-9-7-16/h2-5,10-12,14,16,21,25H,6-9,13H2,1H3/t14-/m0/s1. The molecule has 1 aromatic carbocycles. The van der Waals surface area contributed by atoms with Gasteiger partial charge in [-0.3, -0.25) is 0 Å². The van der Waals surface area contributed by atoms with E-state index in [1.165, 1.54) is 18.4 Å². The zero-order chi connectivity index (χ0) is 17.9. The maximum Gasteiger partial charge on any atom is 0.167 e. The van der Waals surface area contributed by atoms with E-state index >= 15 is 0 Å². The van der Waals surface area contributed by atoms with Crippen molar-refractivity contribution in [1.82, 2.24) is 20.0 Å². The topological polar surface area (TPSA) is 76.1 Å². The Morgan fingerprint density at radius 2 is 2.04 bits per heavy atom. The monoisotopic (exact) mass is 352 g/mol. The summed E-state index contributed by atoms with van der Waals surface area (Å²) < 4.78 is 7.41. The molecule has 6 heteroatoms. The SMILES string of the molecule is C[C@H](O)c1nccn1Cc1cc(-c2ccc(C3CCNCC3)cc2)on1. The second kappa shape index (κ2) is 7.43. The van der Waals surface area contributed by atoms with Gasteiger partial charge in [-0.1, -0.05) is 29.4 Å². The first-order chi connectivity index (χ1) is 12.7. The molecule has 136 valence electrons. The molecule has 0 radical (unpaired) electrons. The number of aliphatic hydroxyl groups excluding tert-OH is 1. The molecule has 1 aliphatic heterocycles. The number of nitrogens with one attached hydrogen (secondary N) is 1. The summed E-state index contributed by atoms with van der Waals surface area (Å²) in [5.41, 5.74) is 3.24. The van der Waals surface area contributed by atoms with Crippen molar-refractivity contribution in [2.75, 3.05) is 13.1 Å². The molecule has 3 heterocycles. The van der Waals surface area contributed by atoms with E-state index in [1.807, 2.05) is 16.8 Å². The molecule has 0 amide bonds. The number of piperidine rings is 1. The largest absolute Gasteiger partial charge is 0.385 e. The van der Waals surface area contributed by atoms with Gasteiger partial charge < -0.3 is 19.5 Å². The molecule has 2 aromatic heterocycles. The molecule has 1 fully saturated rings. The Morgan fingerprint density at radius 1 is 1.27 bits per heavy atom. The van der Waals surface area contributed by atoms with E-state index in [0.717, 1.165) is 30.1 Å². The highest BCUT2D eigenvalue weighted by atomic mass is 16.5. The fourth-order valence-electron chi connectivity index (χ4n) is 3.59. The van der Waals surface area contributed by atoms with Crippen LogP contribution >= 0.6 is 0 Å². The molecule has 1 saturated heterocycles. The Balaban J connectivity index is 1.48. The summed E-state index contributed by atoms with van der Waals surface area (Å²) in [6, 6.07) is 10.6. The number of benzene rings is 1. The number of aromatic nitrogens is 3. The summed E-state index contributed by atoms with van der Waals surface area (Å²) in [7, 11) is 0. The van der Waals surface area contributed by atoms with Crippen LogP contribution in [0.2, 0.25) is 0 Å². The molecular formula is C20H24N4O2. The van der Waals surface area contributed by atoms with Crippen LogP contribution in [0.5, 0.6) is 0 Å². The normalized spacial score (nSPS) is 16.7. The highest BCUT2D eigenvalue weighted by molar-refractivity contribution is 5.58. The summed E-state index contributed by atoms with van der Waals surface area (Å²) >= 11 is 0. The molecule has 4 rings (SSSR count). The molecule has 0 saturated carbocycles. The lowest BCUT2D eigenvalue weighted by molar-refractivity contribution is 0.184. The summed E-state index contributed by atoms with van der Waals surface area (Å²) in [6.45, 7) is 4.43. The zero-order valence-electron chi connectivity index (χ0n) is 14.9. The van der Waals surface area contributed by atoms with Crippen LogP contribution in [-0.2, 0) is 6.54 Å². The van der Waals surface area contributed by atoms with Gasteiger partial charge >= 0.3 is 0 Å². The van der Waals surface area contributed by atoms with Gasteiger partial charge in [-0.05, 0) is 44.3 Å². The number of hydrogen-bond donors (Lipinski definition) is 2. The van der Waals surface area contributed by atoms with Crippen molar-refractivity contribution in [2.24, 2.45) is 0 Å². The van der Waals surface area contributed by atoms with E-state index in [0.29, 0.717) is 18.3 Å². The Labute approximate surface area is 152 Å². The minimum absolute atomic E-state index is 0.525. The summed E-state index contributed by atoms with van der Waals surface area (Å²) in [6.07, 6.45) is 5.30. The first-order valence-corrected chi connectivity index (χ1v) is 9.16. The zero-order valence-corrected chi connectivity index (χ0v) is 14.9. The van der Waals surface area contributed by atoms with Gasteiger partial charge in [0.25, 0.3) is 0 Å². The lowest BCUT2D eigenvalue weighted by atomic mass is 9.90. The molecule has 2 N–H and O–H groups in total. The van der Waals surface area contributed by atoms with Crippen molar-refractivity contribution in [3.63, 3.8) is 0 Å². The van der Waals surface area contributed by atoms with Crippen molar-refractivity contribution in [2.45, 2.75) is 38.3 Å². The third kappa shape index (κ3) is 3.57. The number of rotatable bonds is 5. The van der Waals surface area contributed by atoms with Gasteiger partial charge in [0, 0.05) is 24.0 Å². The lowest BCUT2D eigenvalue weighted by Gasteiger charge is -2.22. The molecule has 0 spiro atoms. The van der Waals surface area contributed by atoms with Crippen LogP contribution in [0.25, 0.3) is 11.3 Å². The van der Waals surface area contributed by atoms with Gasteiger partial charge in [-0.25, -0.2) is 4.98 Å². The van der Waals surface area contributed by atoms with Gasteiger partial charge in [-0.2, -0.15) is 0 Å². The molecule has 6 nitrogen and oxygen atoms in total. The quantitative estimate of drug-likeness (QED) is 0.738. The molecule has 3 aromatic rings. The minimum atomic E-state index is -0.612. The third-order valence-corrected chi connectivity index (χ3v) is 5.02. The Morgan fingerprint density at radius 3 is 2.77 bits per heavy atom. The van der Waals surface area contributed by atoms with Gasteiger partial charge in [0.05, 0.1) is 6.54 Å². The Bertz CT molecular complexity index is 845. The van der Waals surface area contributed by atoms with Crippen molar-refractivity contribution in [1.29, 1.82) is 0 Å². The molecule has 0 aliphatic carbocycles. The number of hydrogen-bond acceptors (Lipinski definition) is 5. The summed E-state index contributed by atoms with van der Waals surface area (Å²) in [5, 5.41) is 17.3. The fourth-order valence-corrected chi connectivity index (χ4v) is 3.59. The van der Waals surface area contributed by atoms with Crippen molar-refractivity contribution in [3.05, 3.63) is 59.8 Å². The summed E-state index contributed by atoms with van der Waals surface area (Å²) in [5.74, 6) is 2.03. The first-order valence-electron chi connectivity index (χ1n) is 9.16. The number of nitrogens with zero attached hydrogens (tertiary/aromatic N) is 3. The van der Waals surface area contributed by atoms with E-state index in [2.05, 4.69) is 39.7 Å². The van der Waals surface area contributed by atoms with E-state index in [1.54, 1.807) is 13.1 Å². The van der Waals surface area contributed by atoms with Crippen molar-refractivity contribution >= 4 is 0 Å². The Hall–Kier alpha value is -2.44. The van der Waals surface area contributed by atoms with Crippen LogP contribution in [0.3, 0.4) is 0 Å². The maximum atomic E-state index is 9.76. The van der Waals surface area contributed by atoms with Gasteiger partial charge in [0.15, 0.2) is 5.76 Å². The highest BCUT2D eigenvalue weighted by Crippen LogP contribution is 2.28. The molecular weight excluding hydrogens is 328 g/mol. The van der Waals surface area contributed by atoms with Crippen LogP contribution in [0.15, 0.2) is 47.2 Å². The van der Waals surface area contributed by atoms with Crippen LogP contribution < -0.4 is 5.32 Å². The second-order valence-corrected chi connectivity index (χ2v) is 6.92. The lowest BCUT2D eigenvalue weighted by Crippen LogP contribution is -2.26. The molecule has 0 unspecified atom stereocenters. The first kappa shape index (κ1) is 17.0. The predicted molar refractivity (Wildman–Crippen MR) is 98.7 cm³/mol. The van der Waals surface area contributed by atoms with E-state index in [9.17, 15) is 5.11 Å². The van der Waals surface area contributed by atoms with Crippen LogP contribution in [0, 0.1) is 0 Å². The van der Waals surface area contributed by atoms with Gasteiger partial charge in [0.2, 0.25) is 0 Å². The minimum Gasteiger partial charge on any atom is -0.385 e. The average molecular weight is 352 g/mol. The smallest absolute Gasteiger partial charge is 0.167 e. The van der Waals surface area contributed by atoms with Crippen molar-refractivity contribution < 1.29 is 9.63 Å². The van der Waals surface area contributed by atoms with Crippen LogP contribution in [0.4, 0.5) is 0 Å². The Kier molecular flexibility index (Phi) is 4.86. The molecule has 1 atom stereocenters. The highest BCUT2D eigenvalue weighted by Gasteiger charge is 2.16. The summed E-state index contributed by atoms with van der Waals surface area (Å²) in [4.78, 5) is 4.18. The number of imidazole rings is 1. The molecule has 1 aliphatic rings. The molecule has 26 heavy (non-hydrogen) atoms. The molecule has 0 bridgehead atoms. The second-order valence-electron chi connectivity index (χ2n) is 6.92. The average Bonchev–Trinajstić information content (AvgIpc) is 3.33. The third-order valence-electron chi connectivity index (χ3n) is 5.02. The van der Waals surface area contributed by atoms with Gasteiger partial charge in [-0.15, -0.1) is 0 Å². The van der Waals surface area contributed by atoms with Gasteiger partial charge in [0.1, 0.15) is 17.6 Å². The predicted octanol–water partition coefficient (Wildman–Crippen LogP) is 3.11. The van der Waals surface area contributed by atoms with E-state index in [4.69, 9.17) is 4.52 Å². The van der Waals surface area contributed by atoms with E-state index in [-0.39, 0.29) is 0 Å². The van der Waals surface area contributed by atoms with E-state index < -0.39 is 6.10 Å². The maximum absolute atomic E-state index is 9.76. The van der Waals surface area contributed by atoms with Crippen LogP contribution in [0.1, 0.15) is 48.9 Å². The van der Waals surface area contributed by atoms with Crippen LogP contribution in [-0.4, -0.2) is 32.9 Å². The fraction of sp³-hybridized carbons (Fsp3) is 0.400. The van der Waals surface area contributed by atoms with Crippen molar-refractivity contribution in [3.8, 4) is 11.3 Å². The number of aliphatic hydroxyl groups is 1.